The molecule has 2 aliphatic heterocycles. The number of aliphatic hydroxyl groups excluding tert-OH is 1. The SMILES string of the molecule is Cc1ccc2c(OCC(=O)N3CCC[C@H]3C(=O)NC3CCC3)cc(C(=O)N[C@@H](CCC(=O)OCCNCCO)C(=O)N3CCN(C(=O)O)CC3)nc2c1. The number of piperazine rings is 1. The van der Waals surface area contributed by atoms with Crippen molar-refractivity contribution in [1.82, 2.24) is 35.6 Å². The van der Waals surface area contributed by atoms with E-state index in [0.717, 1.165) is 24.8 Å². The standard InChI is InChI=1S/C36H49N7O10/c1-23-7-8-25-27(20-23)39-28(21-30(25)53-22-31(45)43-13-3-6-29(43)34(48)38-24-4-2-5-24)33(47)40-26(9-10-32(46)52-19-12-37-11-18-44)35(49)41-14-16-42(17-15-41)36(50)51/h7-8,20-21,24,26,29,37,44H,2-6,9-19,22H2,1H3,(H,38,48)(H,40,47)(H,50,51)/t26-,29-/m0/s1. The molecule has 3 fully saturated rings. The summed E-state index contributed by atoms with van der Waals surface area (Å²) < 4.78 is 11.3. The molecule has 3 aliphatic rings. The van der Waals surface area contributed by atoms with E-state index < -0.39 is 36.0 Å². The summed E-state index contributed by atoms with van der Waals surface area (Å²) in [5, 5.41) is 27.4. The number of esters is 1. The quantitative estimate of drug-likeness (QED) is 0.117. The van der Waals surface area contributed by atoms with Crippen molar-refractivity contribution < 1.29 is 48.5 Å². The lowest BCUT2D eigenvalue weighted by Crippen LogP contribution is -2.55. The molecule has 17 nitrogen and oxygen atoms in total. The summed E-state index contributed by atoms with van der Waals surface area (Å²) in [6.07, 6.45) is 2.85. The van der Waals surface area contributed by atoms with Crippen molar-refractivity contribution in [2.24, 2.45) is 0 Å². The van der Waals surface area contributed by atoms with Gasteiger partial charge in [-0.25, -0.2) is 9.78 Å². The van der Waals surface area contributed by atoms with E-state index in [1.165, 1.54) is 20.8 Å². The van der Waals surface area contributed by atoms with Crippen molar-refractivity contribution >= 4 is 46.6 Å². The predicted octanol–water partition coefficient (Wildman–Crippen LogP) is 0.408. The number of fused-ring (bicyclic) bond motifs is 1. The number of ether oxygens (including phenoxy) is 2. The molecule has 1 saturated carbocycles. The van der Waals surface area contributed by atoms with Crippen molar-refractivity contribution in [3.63, 3.8) is 0 Å². The third-order valence-electron chi connectivity index (χ3n) is 9.77. The number of aryl methyl sites for hydroxylation is 1. The summed E-state index contributed by atoms with van der Waals surface area (Å²) in [4.78, 5) is 86.5. The first-order chi connectivity index (χ1) is 25.5. The van der Waals surface area contributed by atoms with E-state index in [9.17, 15) is 33.9 Å². The van der Waals surface area contributed by atoms with Gasteiger partial charge in [0.05, 0.1) is 12.1 Å². The lowest BCUT2D eigenvalue weighted by molar-refractivity contribution is -0.144. The molecule has 0 unspecified atom stereocenters. The number of nitrogens with one attached hydrogen (secondary N) is 3. The Hall–Kier alpha value is -5.03. The van der Waals surface area contributed by atoms with Gasteiger partial charge in [-0.1, -0.05) is 6.07 Å². The van der Waals surface area contributed by atoms with Gasteiger partial charge in [-0.2, -0.15) is 0 Å². The Morgan fingerprint density at radius 1 is 0.962 bits per heavy atom. The van der Waals surface area contributed by atoms with Gasteiger partial charge in [0.25, 0.3) is 11.8 Å². The predicted molar refractivity (Wildman–Crippen MR) is 190 cm³/mol. The van der Waals surface area contributed by atoms with E-state index in [2.05, 4.69) is 20.9 Å². The number of rotatable bonds is 16. The fraction of sp³-hybridized carbons (Fsp3) is 0.583. The van der Waals surface area contributed by atoms with E-state index in [4.69, 9.17) is 14.6 Å². The maximum absolute atomic E-state index is 13.8. The van der Waals surface area contributed by atoms with Crippen LogP contribution in [-0.2, 0) is 23.9 Å². The van der Waals surface area contributed by atoms with Gasteiger partial charge in [-0.3, -0.25) is 24.0 Å². The van der Waals surface area contributed by atoms with Gasteiger partial charge in [0.1, 0.15) is 30.1 Å². The van der Waals surface area contributed by atoms with Crippen LogP contribution in [0.2, 0.25) is 0 Å². The molecule has 5 amide bonds. The van der Waals surface area contributed by atoms with Crippen LogP contribution in [0.1, 0.15) is 61.0 Å². The fourth-order valence-electron chi connectivity index (χ4n) is 6.56. The van der Waals surface area contributed by atoms with Gasteiger partial charge >= 0.3 is 12.1 Å². The molecule has 2 aromatic rings. The smallest absolute Gasteiger partial charge is 0.407 e. The summed E-state index contributed by atoms with van der Waals surface area (Å²) in [7, 11) is 0. The number of aromatic nitrogens is 1. The Kier molecular flexibility index (Phi) is 13.8. The van der Waals surface area contributed by atoms with Crippen LogP contribution in [0.5, 0.6) is 5.75 Å². The maximum Gasteiger partial charge on any atom is 0.407 e. The van der Waals surface area contributed by atoms with E-state index in [-0.39, 0.29) is 88.1 Å². The molecule has 288 valence electrons. The topological polar surface area (TPSA) is 220 Å². The number of likely N-dealkylation sites (tertiary alicyclic amines) is 1. The first-order valence-electron chi connectivity index (χ1n) is 18.2. The van der Waals surface area contributed by atoms with Gasteiger partial charge in [-0.05, 0) is 63.1 Å². The summed E-state index contributed by atoms with van der Waals surface area (Å²) >= 11 is 0. The minimum atomic E-state index is -1.17. The molecule has 2 saturated heterocycles. The van der Waals surface area contributed by atoms with Crippen molar-refractivity contribution in [1.29, 1.82) is 0 Å². The van der Waals surface area contributed by atoms with Crippen LogP contribution in [0, 0.1) is 6.92 Å². The zero-order valence-corrected chi connectivity index (χ0v) is 30.0. The Labute approximate surface area is 307 Å². The highest BCUT2D eigenvalue weighted by atomic mass is 16.5. The molecule has 0 radical (unpaired) electrons. The van der Waals surface area contributed by atoms with Crippen LogP contribution in [0.4, 0.5) is 4.79 Å². The minimum absolute atomic E-state index is 0.0543. The molecule has 1 aromatic carbocycles. The Balaban J connectivity index is 1.29. The molecule has 5 rings (SSSR count). The largest absolute Gasteiger partial charge is 0.483 e. The molecule has 53 heavy (non-hydrogen) atoms. The van der Waals surface area contributed by atoms with E-state index in [0.29, 0.717) is 43.4 Å². The number of amides is 5. The van der Waals surface area contributed by atoms with Crippen LogP contribution >= 0.6 is 0 Å². The normalized spacial score (nSPS) is 17.9. The average molecular weight is 740 g/mol. The van der Waals surface area contributed by atoms with Gasteiger partial charge in [0.2, 0.25) is 11.8 Å². The zero-order chi connectivity index (χ0) is 37.9. The van der Waals surface area contributed by atoms with Gasteiger partial charge in [-0.15, -0.1) is 0 Å². The Morgan fingerprint density at radius 3 is 2.42 bits per heavy atom. The average Bonchev–Trinajstić information content (AvgIpc) is 3.63. The number of carbonyl (C=O) groups is 6. The third-order valence-corrected chi connectivity index (χ3v) is 9.77. The van der Waals surface area contributed by atoms with Crippen molar-refractivity contribution in [3.05, 3.63) is 35.5 Å². The van der Waals surface area contributed by atoms with Crippen LogP contribution in [-0.4, -0.2) is 149 Å². The number of hydrogen-bond donors (Lipinski definition) is 5. The Morgan fingerprint density at radius 2 is 1.72 bits per heavy atom. The summed E-state index contributed by atoms with van der Waals surface area (Å²) in [5.41, 5.74) is 1.20. The van der Waals surface area contributed by atoms with Crippen molar-refractivity contribution in [3.8, 4) is 5.75 Å². The second kappa shape index (κ2) is 18.6. The maximum atomic E-state index is 13.8. The first kappa shape index (κ1) is 39.2. The van der Waals surface area contributed by atoms with Gasteiger partial charge in [0, 0.05) is 69.7 Å². The summed E-state index contributed by atoms with van der Waals surface area (Å²) in [5.74, 6) is -2.08. The summed E-state index contributed by atoms with van der Waals surface area (Å²) in [6.45, 7) is 3.00. The lowest BCUT2D eigenvalue weighted by atomic mass is 9.93. The second-order valence-electron chi connectivity index (χ2n) is 13.6. The number of hydrogen-bond acceptors (Lipinski definition) is 11. The number of carbonyl (C=O) groups excluding carboxylic acids is 5. The molecular weight excluding hydrogens is 690 g/mol. The number of nitrogens with zero attached hydrogens (tertiary/aromatic N) is 4. The van der Waals surface area contributed by atoms with Crippen LogP contribution in [0.15, 0.2) is 24.3 Å². The highest BCUT2D eigenvalue weighted by Crippen LogP contribution is 2.28. The zero-order valence-electron chi connectivity index (χ0n) is 30.0. The van der Waals surface area contributed by atoms with Crippen LogP contribution in [0.25, 0.3) is 10.9 Å². The summed E-state index contributed by atoms with van der Waals surface area (Å²) in [6, 6.07) is 5.20. The molecule has 0 bridgehead atoms. The lowest BCUT2D eigenvalue weighted by Gasteiger charge is -2.35. The molecule has 5 N–H and O–H groups in total. The third kappa shape index (κ3) is 10.5. The Bertz CT molecular complexity index is 1660. The fourth-order valence-corrected chi connectivity index (χ4v) is 6.56. The molecule has 2 atom stereocenters. The van der Waals surface area contributed by atoms with E-state index in [1.54, 1.807) is 12.1 Å². The van der Waals surface area contributed by atoms with E-state index >= 15 is 0 Å². The van der Waals surface area contributed by atoms with E-state index in [1.807, 2.05) is 13.0 Å². The number of aliphatic hydroxyl groups is 1. The molecule has 1 aromatic heterocycles. The molecule has 0 spiro atoms. The van der Waals surface area contributed by atoms with Crippen molar-refractivity contribution in [2.45, 2.75) is 70.0 Å². The number of pyridine rings is 1. The molecule has 17 heteroatoms. The van der Waals surface area contributed by atoms with Gasteiger partial charge < -0.3 is 50.3 Å². The monoisotopic (exact) mass is 739 g/mol. The first-order valence-corrected chi connectivity index (χ1v) is 18.2. The number of benzene rings is 1. The highest BCUT2D eigenvalue weighted by molar-refractivity contribution is 5.99. The van der Waals surface area contributed by atoms with Crippen molar-refractivity contribution in [2.75, 3.05) is 65.6 Å². The molecule has 3 heterocycles. The highest BCUT2D eigenvalue weighted by Gasteiger charge is 2.36. The number of carboxylic acid groups (broad SMARTS) is 1. The molecule has 1 aliphatic carbocycles. The van der Waals surface area contributed by atoms with Crippen LogP contribution in [0.3, 0.4) is 0 Å². The minimum Gasteiger partial charge on any atom is -0.483 e. The van der Waals surface area contributed by atoms with Gasteiger partial charge in [0.15, 0.2) is 6.61 Å². The second-order valence-corrected chi connectivity index (χ2v) is 13.6. The molecular formula is C36H49N7O10. The van der Waals surface area contributed by atoms with Crippen LogP contribution < -0.4 is 20.7 Å².